The van der Waals surface area contributed by atoms with Crippen molar-refractivity contribution in [3.63, 3.8) is 0 Å². The van der Waals surface area contributed by atoms with Gasteiger partial charge in [0.05, 0.1) is 20.9 Å². The summed E-state index contributed by atoms with van der Waals surface area (Å²) in [5, 5.41) is 0. The van der Waals surface area contributed by atoms with Crippen LogP contribution in [0.2, 0.25) is 0 Å². The van der Waals surface area contributed by atoms with Gasteiger partial charge in [0.15, 0.2) is 0 Å². The highest BCUT2D eigenvalue weighted by Crippen LogP contribution is 2.41. The Kier molecular flexibility index (Phi) is 3.71. The molecule has 0 unspecified atom stereocenters. The number of rotatable bonds is 2. The summed E-state index contributed by atoms with van der Waals surface area (Å²) in [6.07, 6.45) is 0. The van der Waals surface area contributed by atoms with Crippen LogP contribution < -0.4 is 5.73 Å². The van der Waals surface area contributed by atoms with E-state index < -0.39 is 0 Å². The lowest BCUT2D eigenvalue weighted by molar-refractivity contribution is 0.00578. The molecule has 100 valence electrons. The molecule has 1 aliphatic rings. The van der Waals surface area contributed by atoms with Gasteiger partial charge in [-0.3, -0.25) is 0 Å². The number of nitrogens with two attached hydrogens (primary N) is 1. The molecule has 1 aromatic heterocycles. The van der Waals surface area contributed by atoms with E-state index in [0.717, 1.165) is 8.66 Å². The summed E-state index contributed by atoms with van der Waals surface area (Å²) in [4.78, 5) is 1.08. The van der Waals surface area contributed by atoms with Crippen LogP contribution in [-0.4, -0.2) is 18.3 Å². The lowest BCUT2D eigenvalue weighted by Gasteiger charge is -2.32. The van der Waals surface area contributed by atoms with Gasteiger partial charge < -0.3 is 15.0 Å². The highest BCUT2D eigenvalue weighted by molar-refractivity contribution is 9.11. The Morgan fingerprint density at radius 2 is 1.78 bits per heavy atom. The lowest BCUT2D eigenvalue weighted by atomic mass is 9.78. The van der Waals surface area contributed by atoms with Crippen molar-refractivity contribution in [3.8, 4) is 0 Å². The monoisotopic (exact) mass is 331 g/mol. The number of halogens is 1. The van der Waals surface area contributed by atoms with Crippen LogP contribution in [-0.2, 0) is 9.31 Å². The average Bonchev–Trinajstić information content (AvgIpc) is 2.65. The number of hydrogen-bond acceptors (Lipinski definition) is 4. The van der Waals surface area contributed by atoms with E-state index in [1.807, 2.05) is 27.7 Å². The van der Waals surface area contributed by atoms with Crippen molar-refractivity contribution in [1.29, 1.82) is 0 Å². The highest BCUT2D eigenvalue weighted by atomic mass is 79.9. The van der Waals surface area contributed by atoms with E-state index in [4.69, 9.17) is 15.0 Å². The van der Waals surface area contributed by atoms with Crippen molar-refractivity contribution in [2.45, 2.75) is 51.8 Å². The molecule has 1 fully saturated rings. The molecule has 0 aromatic carbocycles. The maximum absolute atomic E-state index is 6.26. The van der Waals surface area contributed by atoms with Crippen LogP contribution >= 0.6 is 27.3 Å². The summed E-state index contributed by atoms with van der Waals surface area (Å²) < 4.78 is 13.1. The molecule has 2 rings (SSSR count). The van der Waals surface area contributed by atoms with Gasteiger partial charge in [0.1, 0.15) is 0 Å². The van der Waals surface area contributed by atoms with Crippen LogP contribution in [0.5, 0.6) is 0 Å². The van der Waals surface area contributed by atoms with E-state index in [9.17, 15) is 0 Å². The second-order valence-electron chi connectivity index (χ2n) is 5.76. The molecule has 1 aromatic rings. The molecule has 0 aliphatic carbocycles. The Hall–Kier alpha value is 0.125. The van der Waals surface area contributed by atoms with E-state index in [0.29, 0.717) is 0 Å². The van der Waals surface area contributed by atoms with Crippen LogP contribution in [0.4, 0.5) is 0 Å². The summed E-state index contributed by atoms with van der Waals surface area (Å²) in [5.74, 6) is -0.249. The lowest BCUT2D eigenvalue weighted by Crippen LogP contribution is -2.41. The molecule has 1 atom stereocenters. The minimum Gasteiger partial charge on any atom is -0.402 e. The van der Waals surface area contributed by atoms with Crippen LogP contribution in [0, 0.1) is 6.92 Å². The Labute approximate surface area is 121 Å². The van der Waals surface area contributed by atoms with Crippen LogP contribution in [0.25, 0.3) is 0 Å². The molecule has 18 heavy (non-hydrogen) atoms. The second-order valence-corrected chi connectivity index (χ2v) is 8.16. The van der Waals surface area contributed by atoms with Crippen molar-refractivity contribution < 1.29 is 9.31 Å². The Morgan fingerprint density at radius 1 is 1.28 bits per heavy atom. The minimum atomic E-state index is -0.389. The van der Waals surface area contributed by atoms with Crippen LogP contribution in [0.15, 0.2) is 9.85 Å². The van der Waals surface area contributed by atoms with Gasteiger partial charge in [-0.1, -0.05) is 0 Å². The van der Waals surface area contributed by atoms with Gasteiger partial charge >= 0.3 is 7.12 Å². The van der Waals surface area contributed by atoms with Crippen LogP contribution in [0.3, 0.4) is 0 Å². The SMILES string of the molecule is Cc1cc([C@H](N)B2OC(C)(C)C(C)(C)O2)sc1Br. The molecule has 6 heteroatoms. The maximum atomic E-state index is 6.26. The second kappa shape index (κ2) is 4.60. The maximum Gasteiger partial charge on any atom is 0.481 e. The normalized spacial score (nSPS) is 23.4. The molecule has 3 nitrogen and oxygen atoms in total. The third kappa shape index (κ3) is 2.41. The summed E-state index contributed by atoms with van der Waals surface area (Å²) >= 11 is 5.16. The van der Waals surface area contributed by atoms with Gasteiger partial charge in [-0.05, 0) is 62.2 Å². The molecule has 0 bridgehead atoms. The van der Waals surface area contributed by atoms with Crippen molar-refractivity contribution in [2.24, 2.45) is 5.73 Å². The first-order chi connectivity index (χ1) is 8.14. The molecular formula is C12H19BBrNO2S. The van der Waals surface area contributed by atoms with Gasteiger partial charge in [-0.15, -0.1) is 11.3 Å². The number of aryl methyl sites for hydroxylation is 1. The zero-order chi connectivity index (χ0) is 13.7. The molecule has 0 spiro atoms. The highest BCUT2D eigenvalue weighted by Gasteiger charge is 2.53. The Bertz CT molecular complexity index is 425. The molecule has 2 heterocycles. The van der Waals surface area contributed by atoms with Crippen LogP contribution in [0.1, 0.15) is 44.1 Å². The number of hydrogen-bond donors (Lipinski definition) is 1. The topological polar surface area (TPSA) is 44.5 Å². The first kappa shape index (κ1) is 14.5. The van der Waals surface area contributed by atoms with Crippen molar-refractivity contribution >= 4 is 34.4 Å². The smallest absolute Gasteiger partial charge is 0.402 e. The molecule has 2 N–H and O–H groups in total. The molecule has 1 aliphatic heterocycles. The Balaban J connectivity index is 2.19. The molecule has 1 saturated heterocycles. The largest absolute Gasteiger partial charge is 0.481 e. The van der Waals surface area contributed by atoms with Crippen molar-refractivity contribution in [1.82, 2.24) is 0 Å². The minimum absolute atomic E-state index is 0.249. The van der Waals surface area contributed by atoms with Gasteiger partial charge in [-0.25, -0.2) is 0 Å². The number of thiophene rings is 1. The first-order valence-corrected chi connectivity index (χ1v) is 7.62. The predicted molar refractivity (Wildman–Crippen MR) is 79.8 cm³/mol. The van der Waals surface area contributed by atoms with E-state index in [1.54, 1.807) is 11.3 Å². The van der Waals surface area contributed by atoms with E-state index in [1.165, 1.54) is 5.56 Å². The fourth-order valence-corrected chi connectivity index (χ4v) is 3.40. The average molecular weight is 332 g/mol. The third-order valence-electron chi connectivity index (χ3n) is 3.77. The van der Waals surface area contributed by atoms with Gasteiger partial charge in [0, 0.05) is 4.88 Å². The van der Waals surface area contributed by atoms with E-state index in [2.05, 4.69) is 28.9 Å². The van der Waals surface area contributed by atoms with Crippen molar-refractivity contribution in [3.05, 3.63) is 20.3 Å². The van der Waals surface area contributed by atoms with Gasteiger partial charge in [0.2, 0.25) is 0 Å². The summed E-state index contributed by atoms with van der Waals surface area (Å²) in [6.45, 7) is 10.2. The first-order valence-electron chi connectivity index (χ1n) is 6.01. The zero-order valence-corrected chi connectivity index (χ0v) is 13.8. The predicted octanol–water partition coefficient (Wildman–Crippen LogP) is 3.45. The van der Waals surface area contributed by atoms with Gasteiger partial charge in [-0.2, -0.15) is 0 Å². The molecule has 0 amide bonds. The summed E-state index contributed by atoms with van der Waals surface area (Å²) in [5.41, 5.74) is 6.79. The standard InChI is InChI=1S/C12H19BBrNO2S/c1-7-6-8(18-10(7)14)9(15)13-16-11(2,3)12(4,5)17-13/h6,9H,15H2,1-5H3/t9-/m0/s1. The summed E-state index contributed by atoms with van der Waals surface area (Å²) in [6, 6.07) is 2.09. The fourth-order valence-electron chi connectivity index (χ4n) is 1.82. The van der Waals surface area contributed by atoms with Gasteiger partial charge in [0.25, 0.3) is 0 Å². The van der Waals surface area contributed by atoms with Crippen molar-refractivity contribution in [2.75, 3.05) is 0 Å². The Morgan fingerprint density at radius 3 is 2.17 bits per heavy atom. The molecule has 0 saturated carbocycles. The zero-order valence-electron chi connectivity index (χ0n) is 11.4. The quantitative estimate of drug-likeness (QED) is 0.844. The molecular weight excluding hydrogens is 313 g/mol. The molecule has 0 radical (unpaired) electrons. The summed E-state index contributed by atoms with van der Waals surface area (Å²) in [7, 11) is -0.389. The fraction of sp³-hybridized carbons (Fsp3) is 0.667. The van der Waals surface area contributed by atoms with E-state index in [-0.39, 0.29) is 24.3 Å². The third-order valence-corrected chi connectivity index (χ3v) is 6.01. The van der Waals surface area contributed by atoms with E-state index >= 15 is 0 Å².